The zero-order valence-electron chi connectivity index (χ0n) is 10.6. The van der Waals surface area contributed by atoms with Gasteiger partial charge in [0, 0.05) is 0 Å². The van der Waals surface area contributed by atoms with E-state index in [2.05, 4.69) is 0 Å². The van der Waals surface area contributed by atoms with Gasteiger partial charge in [-0.1, -0.05) is 12.1 Å². The van der Waals surface area contributed by atoms with E-state index in [-0.39, 0.29) is 12.0 Å². The maximum Gasteiger partial charge on any atom is 0.320 e. The lowest BCUT2D eigenvalue weighted by Gasteiger charge is -2.05. The van der Waals surface area contributed by atoms with E-state index in [0.717, 1.165) is 0 Å². The molecule has 0 aliphatic heterocycles. The third-order valence-electron chi connectivity index (χ3n) is 1.39. The molecule has 0 spiro atoms. The first-order chi connectivity index (χ1) is 7.77. The third kappa shape index (κ3) is 2.83. The number of aliphatic carboxylic acids is 1. The molecule has 0 saturated carbocycles. The Bertz CT molecular complexity index is 452. The van der Waals surface area contributed by atoms with E-state index in [4.69, 9.17) is 16.3 Å². The van der Waals surface area contributed by atoms with Gasteiger partial charge in [-0.3, -0.25) is 4.79 Å². The molecule has 3 N–H and O–H groups in total. The van der Waals surface area contributed by atoms with Crippen LogP contribution in [0, 0.1) is 5.82 Å². The molecule has 3 nitrogen and oxygen atoms in total. The normalized spacial score (nSPS) is 16.8. The summed E-state index contributed by atoms with van der Waals surface area (Å²) in [5, 5.41) is 8.60. The fourth-order valence-electron chi connectivity index (χ4n) is 0.732. The zero-order valence-corrected chi connectivity index (χ0v) is 6.60. The second-order valence-electron chi connectivity index (χ2n) is 2.44. The first-order valence-corrected chi connectivity index (χ1v) is 3.50. The van der Waals surface area contributed by atoms with Crippen molar-refractivity contribution in [1.82, 2.24) is 0 Å². The van der Waals surface area contributed by atoms with Gasteiger partial charge in [-0.05, 0) is 24.1 Å². The minimum Gasteiger partial charge on any atom is -0.480 e. The zero-order chi connectivity index (χ0) is 13.3. The number of carboxylic acid groups (broad SMARTS) is 1. The van der Waals surface area contributed by atoms with Crippen molar-refractivity contribution in [3.63, 3.8) is 0 Å². The van der Waals surface area contributed by atoms with E-state index in [1.807, 2.05) is 0 Å². The number of hydrogen-bond acceptors (Lipinski definition) is 2. The Hall–Kier alpha value is -1.42. The SMILES string of the molecule is [2H]c1c([2H])c(C[C@@H](N)C(=O)O)c([2H])c([2H])c1F. The van der Waals surface area contributed by atoms with Crippen molar-refractivity contribution in [3.05, 3.63) is 35.6 Å². The highest BCUT2D eigenvalue weighted by molar-refractivity contribution is 5.73. The smallest absolute Gasteiger partial charge is 0.320 e. The van der Waals surface area contributed by atoms with Gasteiger partial charge in [0.05, 0.1) is 5.48 Å². The second kappa shape index (κ2) is 4.00. The molecule has 0 unspecified atom stereocenters. The molecule has 0 heterocycles. The molecule has 13 heavy (non-hydrogen) atoms. The van der Waals surface area contributed by atoms with Crippen molar-refractivity contribution in [1.29, 1.82) is 0 Å². The molecule has 1 atom stereocenters. The van der Waals surface area contributed by atoms with Crippen LogP contribution in [0.3, 0.4) is 0 Å². The largest absolute Gasteiger partial charge is 0.480 e. The van der Waals surface area contributed by atoms with E-state index >= 15 is 0 Å². The van der Waals surface area contributed by atoms with E-state index in [9.17, 15) is 9.18 Å². The van der Waals surface area contributed by atoms with Crippen LogP contribution in [-0.4, -0.2) is 17.1 Å². The molecular weight excluding hydrogens is 173 g/mol. The lowest BCUT2D eigenvalue weighted by molar-refractivity contribution is -0.138. The topological polar surface area (TPSA) is 63.3 Å². The maximum atomic E-state index is 13.2. The molecule has 0 saturated heterocycles. The Morgan fingerprint density at radius 2 is 2.15 bits per heavy atom. The van der Waals surface area contributed by atoms with Crippen molar-refractivity contribution in [2.24, 2.45) is 5.73 Å². The molecule has 0 aliphatic rings. The molecule has 0 bridgehead atoms. The van der Waals surface area contributed by atoms with Gasteiger partial charge in [-0.2, -0.15) is 0 Å². The number of benzene rings is 1. The van der Waals surface area contributed by atoms with Crippen molar-refractivity contribution in [2.75, 3.05) is 0 Å². The predicted molar refractivity (Wildman–Crippen MR) is 45.7 cm³/mol. The summed E-state index contributed by atoms with van der Waals surface area (Å²) in [6.07, 6.45) is -0.384. The number of carbonyl (C=O) groups is 1. The van der Waals surface area contributed by atoms with Crippen molar-refractivity contribution >= 4 is 5.97 Å². The van der Waals surface area contributed by atoms with Crippen LogP contribution in [-0.2, 0) is 11.2 Å². The monoisotopic (exact) mass is 187 g/mol. The van der Waals surface area contributed by atoms with E-state index in [1.54, 1.807) is 0 Å². The number of carboxylic acids is 1. The second-order valence-corrected chi connectivity index (χ2v) is 2.44. The summed E-state index contributed by atoms with van der Waals surface area (Å²) in [4.78, 5) is 10.5. The average Bonchev–Trinajstić information content (AvgIpc) is 2.29. The molecule has 4 heteroatoms. The van der Waals surface area contributed by atoms with E-state index in [1.165, 1.54) is 0 Å². The van der Waals surface area contributed by atoms with Gasteiger partial charge in [-0.15, -0.1) is 0 Å². The van der Waals surface area contributed by atoms with Crippen LogP contribution in [0.25, 0.3) is 0 Å². The summed E-state index contributed by atoms with van der Waals surface area (Å²) in [5.74, 6) is -2.58. The molecule has 0 aliphatic carbocycles. The van der Waals surface area contributed by atoms with Crippen LogP contribution in [0.5, 0.6) is 0 Å². The Kier molecular flexibility index (Phi) is 1.64. The molecule has 1 aromatic carbocycles. The fourth-order valence-corrected chi connectivity index (χ4v) is 0.732. The molecule has 0 radical (unpaired) electrons. The van der Waals surface area contributed by atoms with Crippen LogP contribution < -0.4 is 5.73 Å². The van der Waals surface area contributed by atoms with E-state index in [0.29, 0.717) is 0 Å². The lowest BCUT2D eigenvalue weighted by atomic mass is 10.1. The van der Waals surface area contributed by atoms with Crippen LogP contribution in [0.2, 0.25) is 0 Å². The molecular formula is C9H10FNO2. The Labute approximate surface area is 80.6 Å². The van der Waals surface area contributed by atoms with Crippen molar-refractivity contribution in [2.45, 2.75) is 12.5 Å². The molecule has 0 fully saturated rings. The minimum atomic E-state index is -1.35. The van der Waals surface area contributed by atoms with Gasteiger partial charge >= 0.3 is 5.97 Å². The molecule has 1 rings (SSSR count). The van der Waals surface area contributed by atoms with Crippen LogP contribution in [0.4, 0.5) is 4.39 Å². The van der Waals surface area contributed by atoms with Crippen LogP contribution in [0.1, 0.15) is 11.0 Å². The van der Waals surface area contributed by atoms with Gasteiger partial charge in [0.25, 0.3) is 0 Å². The quantitative estimate of drug-likeness (QED) is 0.735. The Morgan fingerprint density at radius 1 is 1.62 bits per heavy atom. The third-order valence-corrected chi connectivity index (χ3v) is 1.39. The summed E-state index contributed by atoms with van der Waals surface area (Å²) in [6, 6.07) is -4.19. The highest BCUT2D eigenvalue weighted by Crippen LogP contribution is 2.04. The van der Waals surface area contributed by atoms with Crippen molar-refractivity contribution in [3.8, 4) is 0 Å². The summed E-state index contributed by atoms with van der Waals surface area (Å²) >= 11 is 0. The Balaban J connectivity index is 3.30. The van der Waals surface area contributed by atoms with Gasteiger partial charge in [0.15, 0.2) is 0 Å². The first kappa shape index (κ1) is 5.34. The predicted octanol–water partition coefficient (Wildman–Crippen LogP) is 0.780. The standard InChI is InChI=1S/C9H10FNO2/c10-7-3-1-6(2-4-7)5-8(11)9(12)13/h1-4,8H,5,11H2,(H,12,13)/t8-/m1/s1/i1D,2D,3D,4D. The summed E-state index contributed by atoms with van der Waals surface area (Å²) in [7, 11) is 0. The highest BCUT2D eigenvalue weighted by Gasteiger charge is 2.11. The first-order valence-electron chi connectivity index (χ1n) is 5.50. The number of rotatable bonds is 3. The molecule has 70 valence electrons. The highest BCUT2D eigenvalue weighted by atomic mass is 19.1. The lowest BCUT2D eigenvalue weighted by Crippen LogP contribution is -2.32. The summed E-state index contributed by atoms with van der Waals surface area (Å²) < 4.78 is 42.5. The Morgan fingerprint density at radius 3 is 2.62 bits per heavy atom. The number of nitrogens with two attached hydrogens (primary N) is 1. The molecule has 0 aromatic heterocycles. The average molecular weight is 187 g/mol. The maximum absolute atomic E-state index is 13.2. The molecule has 1 aromatic rings. The number of hydrogen-bond donors (Lipinski definition) is 2. The molecule has 0 amide bonds. The summed E-state index contributed by atoms with van der Waals surface area (Å²) in [5.41, 5.74) is 5.04. The van der Waals surface area contributed by atoms with Crippen LogP contribution in [0.15, 0.2) is 24.2 Å². The van der Waals surface area contributed by atoms with Gasteiger partial charge in [-0.25, -0.2) is 4.39 Å². The number of halogens is 1. The van der Waals surface area contributed by atoms with Crippen molar-refractivity contribution < 1.29 is 19.8 Å². The van der Waals surface area contributed by atoms with Gasteiger partial charge in [0.1, 0.15) is 11.9 Å². The van der Waals surface area contributed by atoms with Gasteiger partial charge in [0.2, 0.25) is 0 Å². The minimum absolute atomic E-state index is 0.198. The fraction of sp³-hybridized carbons (Fsp3) is 0.222. The summed E-state index contributed by atoms with van der Waals surface area (Å²) in [6.45, 7) is 0. The van der Waals surface area contributed by atoms with E-state index < -0.39 is 42.0 Å². The van der Waals surface area contributed by atoms with Gasteiger partial charge < -0.3 is 10.8 Å². The van der Waals surface area contributed by atoms with Crippen LogP contribution >= 0.6 is 0 Å².